The van der Waals surface area contributed by atoms with Crippen LogP contribution in [0.4, 0.5) is 5.95 Å². The summed E-state index contributed by atoms with van der Waals surface area (Å²) in [6, 6.07) is 13.7. The van der Waals surface area contributed by atoms with Crippen LogP contribution in [0.2, 0.25) is 0 Å². The van der Waals surface area contributed by atoms with E-state index >= 15 is 0 Å². The van der Waals surface area contributed by atoms with Gasteiger partial charge in [-0.15, -0.1) is 0 Å². The molecule has 0 aliphatic heterocycles. The van der Waals surface area contributed by atoms with Gasteiger partial charge in [-0.1, -0.05) is 30.3 Å². The summed E-state index contributed by atoms with van der Waals surface area (Å²) in [7, 11) is 0. The summed E-state index contributed by atoms with van der Waals surface area (Å²) < 4.78 is 7.48. The zero-order valence-corrected chi connectivity index (χ0v) is 14.9. The van der Waals surface area contributed by atoms with Crippen LogP contribution in [-0.2, 0) is 6.42 Å². The molecule has 4 heterocycles. The molecule has 1 atom stereocenters. The van der Waals surface area contributed by atoms with E-state index in [0.717, 1.165) is 12.2 Å². The Bertz CT molecular complexity index is 1190. The predicted molar refractivity (Wildman–Crippen MR) is 104 cm³/mol. The van der Waals surface area contributed by atoms with Crippen LogP contribution < -0.4 is 5.73 Å². The number of fused-ring (bicyclic) bond motifs is 1. The highest BCUT2D eigenvalue weighted by Gasteiger charge is 2.23. The maximum atomic E-state index is 6.00. The number of hydrogen-bond acceptors (Lipinski definition) is 6. The number of nitrogens with one attached hydrogen (secondary N) is 1. The van der Waals surface area contributed by atoms with Gasteiger partial charge in [0.15, 0.2) is 11.4 Å². The molecule has 8 heteroatoms. The molecule has 0 bridgehead atoms. The SMILES string of the molecule is Nc1nc(-c2ccco2)c2ncn(C(Cc3ccccc3)c3ncc[nH]3)c2n1. The van der Waals surface area contributed by atoms with Crippen molar-refractivity contribution in [1.82, 2.24) is 29.5 Å². The second-order valence-electron chi connectivity index (χ2n) is 6.41. The fourth-order valence-corrected chi connectivity index (χ4v) is 3.37. The Balaban J connectivity index is 1.67. The number of benzene rings is 1. The van der Waals surface area contributed by atoms with Gasteiger partial charge in [0.2, 0.25) is 5.95 Å². The molecule has 1 unspecified atom stereocenters. The lowest BCUT2D eigenvalue weighted by atomic mass is 10.1. The molecule has 28 heavy (non-hydrogen) atoms. The molecule has 1 aromatic carbocycles. The minimum Gasteiger partial charge on any atom is -0.463 e. The molecule has 0 spiro atoms. The number of anilines is 1. The number of imidazole rings is 2. The molecule has 0 saturated heterocycles. The number of H-pyrrole nitrogens is 1. The van der Waals surface area contributed by atoms with Gasteiger partial charge in [0, 0.05) is 18.8 Å². The van der Waals surface area contributed by atoms with Crippen LogP contribution in [0.1, 0.15) is 17.4 Å². The van der Waals surface area contributed by atoms with E-state index in [1.807, 2.05) is 35.0 Å². The molecule has 4 aromatic heterocycles. The van der Waals surface area contributed by atoms with Gasteiger partial charge in [-0.3, -0.25) is 0 Å². The van der Waals surface area contributed by atoms with Crippen molar-refractivity contribution in [3.8, 4) is 11.5 Å². The standard InChI is InChI=1S/C20H17N7O/c21-20-25-16(15-7-4-10-28-15)17-19(26-20)27(12-24-17)14(18-22-8-9-23-18)11-13-5-2-1-3-6-13/h1-10,12,14H,11H2,(H,22,23)(H2,21,25,26). The first-order valence-corrected chi connectivity index (χ1v) is 8.87. The molecular weight excluding hydrogens is 354 g/mol. The average Bonchev–Trinajstić information content (AvgIpc) is 3.48. The summed E-state index contributed by atoms with van der Waals surface area (Å²) in [5, 5.41) is 0. The Kier molecular flexibility index (Phi) is 3.86. The van der Waals surface area contributed by atoms with Crippen LogP contribution in [0.15, 0.2) is 71.9 Å². The third-order valence-electron chi connectivity index (χ3n) is 4.64. The first-order valence-electron chi connectivity index (χ1n) is 8.87. The Labute approximate surface area is 160 Å². The molecule has 5 aromatic rings. The fraction of sp³-hybridized carbons (Fsp3) is 0.100. The van der Waals surface area contributed by atoms with Crippen LogP contribution in [-0.4, -0.2) is 29.5 Å². The zero-order chi connectivity index (χ0) is 18.9. The maximum Gasteiger partial charge on any atom is 0.222 e. The number of aromatic nitrogens is 6. The highest BCUT2D eigenvalue weighted by atomic mass is 16.3. The summed E-state index contributed by atoms with van der Waals surface area (Å²) in [5.41, 5.74) is 9.02. The van der Waals surface area contributed by atoms with E-state index in [9.17, 15) is 0 Å². The van der Waals surface area contributed by atoms with Crippen molar-refractivity contribution in [2.75, 3.05) is 5.73 Å². The lowest BCUT2D eigenvalue weighted by Crippen LogP contribution is -2.15. The van der Waals surface area contributed by atoms with Crippen molar-refractivity contribution in [3.05, 3.63) is 78.8 Å². The number of hydrogen-bond donors (Lipinski definition) is 2. The van der Waals surface area contributed by atoms with Gasteiger partial charge in [-0.05, 0) is 17.7 Å². The molecule has 3 N–H and O–H groups in total. The Morgan fingerprint density at radius 1 is 1.07 bits per heavy atom. The van der Waals surface area contributed by atoms with Crippen LogP contribution >= 0.6 is 0 Å². The van der Waals surface area contributed by atoms with Crippen molar-refractivity contribution < 1.29 is 4.42 Å². The predicted octanol–water partition coefficient (Wildman–Crippen LogP) is 3.22. The highest BCUT2D eigenvalue weighted by molar-refractivity contribution is 5.86. The Hall–Kier alpha value is -3.94. The largest absolute Gasteiger partial charge is 0.463 e. The Morgan fingerprint density at radius 2 is 1.96 bits per heavy atom. The van der Waals surface area contributed by atoms with Gasteiger partial charge >= 0.3 is 0 Å². The third-order valence-corrected chi connectivity index (χ3v) is 4.64. The van der Waals surface area contributed by atoms with Crippen molar-refractivity contribution in [2.45, 2.75) is 12.5 Å². The Morgan fingerprint density at radius 3 is 2.71 bits per heavy atom. The monoisotopic (exact) mass is 371 g/mol. The molecule has 0 aliphatic rings. The van der Waals surface area contributed by atoms with E-state index in [1.165, 1.54) is 5.56 Å². The average molecular weight is 371 g/mol. The van der Waals surface area contributed by atoms with Crippen LogP contribution in [0, 0.1) is 0 Å². The van der Waals surface area contributed by atoms with Gasteiger partial charge < -0.3 is 19.7 Å². The lowest BCUT2D eigenvalue weighted by Gasteiger charge is -2.17. The summed E-state index contributed by atoms with van der Waals surface area (Å²) in [4.78, 5) is 21.1. The molecule has 0 saturated carbocycles. The molecule has 0 aliphatic carbocycles. The van der Waals surface area contributed by atoms with E-state index in [4.69, 9.17) is 10.2 Å². The molecule has 0 amide bonds. The van der Waals surface area contributed by atoms with Gasteiger partial charge in [0.1, 0.15) is 17.0 Å². The first-order chi connectivity index (χ1) is 13.8. The number of nitrogens with two attached hydrogens (primary N) is 1. The number of rotatable bonds is 5. The number of furan rings is 1. The molecular formula is C20H17N7O. The number of aromatic amines is 1. The topological polar surface area (TPSA) is 111 Å². The molecule has 0 fully saturated rings. The summed E-state index contributed by atoms with van der Waals surface area (Å²) in [5.74, 6) is 1.58. The minimum absolute atomic E-state index is 0.124. The minimum atomic E-state index is -0.124. The van der Waals surface area contributed by atoms with E-state index in [-0.39, 0.29) is 12.0 Å². The summed E-state index contributed by atoms with van der Waals surface area (Å²) >= 11 is 0. The van der Waals surface area contributed by atoms with Crippen LogP contribution in [0.5, 0.6) is 0 Å². The smallest absolute Gasteiger partial charge is 0.222 e. The van der Waals surface area contributed by atoms with E-state index in [0.29, 0.717) is 22.6 Å². The van der Waals surface area contributed by atoms with E-state index in [2.05, 4.69) is 37.1 Å². The van der Waals surface area contributed by atoms with Crippen LogP contribution in [0.3, 0.4) is 0 Å². The fourth-order valence-electron chi connectivity index (χ4n) is 3.37. The van der Waals surface area contributed by atoms with Crippen molar-refractivity contribution in [3.63, 3.8) is 0 Å². The molecule has 0 radical (unpaired) electrons. The van der Waals surface area contributed by atoms with Gasteiger partial charge in [-0.2, -0.15) is 4.98 Å². The quantitative estimate of drug-likeness (QED) is 0.491. The zero-order valence-electron chi connectivity index (χ0n) is 14.9. The second-order valence-corrected chi connectivity index (χ2v) is 6.41. The lowest BCUT2D eigenvalue weighted by molar-refractivity contribution is 0.563. The van der Waals surface area contributed by atoms with E-state index in [1.54, 1.807) is 24.9 Å². The van der Waals surface area contributed by atoms with Gasteiger partial charge in [-0.25, -0.2) is 15.0 Å². The molecule has 8 nitrogen and oxygen atoms in total. The second kappa shape index (κ2) is 6.66. The van der Waals surface area contributed by atoms with Crippen LogP contribution in [0.25, 0.3) is 22.6 Å². The van der Waals surface area contributed by atoms with Crippen molar-refractivity contribution in [2.24, 2.45) is 0 Å². The van der Waals surface area contributed by atoms with Gasteiger partial charge in [0.25, 0.3) is 0 Å². The summed E-state index contributed by atoms with van der Waals surface area (Å²) in [6.07, 6.45) is 7.62. The van der Waals surface area contributed by atoms with Crippen molar-refractivity contribution >= 4 is 17.1 Å². The van der Waals surface area contributed by atoms with Gasteiger partial charge in [0.05, 0.1) is 18.6 Å². The first kappa shape index (κ1) is 16.2. The summed E-state index contributed by atoms with van der Waals surface area (Å²) in [6.45, 7) is 0. The molecule has 138 valence electrons. The van der Waals surface area contributed by atoms with E-state index < -0.39 is 0 Å². The van der Waals surface area contributed by atoms with Crippen molar-refractivity contribution in [1.29, 1.82) is 0 Å². The number of nitrogen functional groups attached to an aromatic ring is 1. The third kappa shape index (κ3) is 2.81. The maximum absolute atomic E-state index is 6.00. The normalized spacial score (nSPS) is 12.4. The highest BCUT2D eigenvalue weighted by Crippen LogP contribution is 2.30. The number of nitrogens with zero attached hydrogens (tertiary/aromatic N) is 5. The molecule has 5 rings (SSSR count).